The number of para-hydroxylation sites is 1. The van der Waals surface area contributed by atoms with Crippen LogP contribution in [0, 0.1) is 0 Å². The second-order valence-corrected chi connectivity index (χ2v) is 16.4. The highest BCUT2D eigenvalue weighted by atomic mass is 32.2. The third-order valence-electron chi connectivity index (χ3n) is 12.2. The molecule has 0 saturated carbocycles. The summed E-state index contributed by atoms with van der Waals surface area (Å²) in [6.45, 7) is 2.56. The average molecular weight is 756 g/mol. The van der Waals surface area contributed by atoms with E-state index in [1.807, 2.05) is 90.8 Å². The summed E-state index contributed by atoms with van der Waals surface area (Å²) in [5.74, 6) is 0.0842. The number of amidine groups is 1. The lowest BCUT2D eigenvalue weighted by Gasteiger charge is -2.43. The van der Waals surface area contributed by atoms with Crippen LogP contribution in [-0.2, 0) is 21.7 Å². The topological polar surface area (TPSA) is 77.5 Å². The lowest BCUT2D eigenvalue weighted by Crippen LogP contribution is -2.62. The molecule has 0 bridgehead atoms. The van der Waals surface area contributed by atoms with Crippen LogP contribution in [0.15, 0.2) is 161 Å². The maximum Gasteiger partial charge on any atom is 0.251 e. The van der Waals surface area contributed by atoms with Crippen molar-refractivity contribution in [2.75, 3.05) is 39.1 Å². The molecule has 0 aromatic heterocycles. The first kappa shape index (κ1) is 34.7. The number of benzene rings is 5. The molecule has 5 heterocycles. The van der Waals surface area contributed by atoms with Gasteiger partial charge in [0.15, 0.2) is 10.7 Å². The first-order valence-electron chi connectivity index (χ1n) is 19.1. The minimum atomic E-state index is -1.31. The number of ether oxygens (including phenoxy) is 1. The number of amides is 2. The van der Waals surface area contributed by atoms with E-state index >= 15 is 4.79 Å². The van der Waals surface area contributed by atoms with Gasteiger partial charge in [-0.25, -0.2) is 4.99 Å². The number of fused-ring (bicyclic) bond motifs is 4. The molecule has 0 unspecified atom stereocenters. The maximum absolute atomic E-state index is 16.3. The highest BCUT2D eigenvalue weighted by molar-refractivity contribution is 8.16. The second kappa shape index (κ2) is 13.5. The van der Waals surface area contributed by atoms with Crippen molar-refractivity contribution in [3.05, 3.63) is 184 Å². The zero-order chi connectivity index (χ0) is 38.0. The van der Waals surface area contributed by atoms with Gasteiger partial charge >= 0.3 is 0 Å². The third kappa shape index (κ3) is 5.11. The minimum Gasteiger partial charge on any atom is -0.497 e. The Hall–Kier alpha value is -5.74. The van der Waals surface area contributed by atoms with Gasteiger partial charge in [0, 0.05) is 43.3 Å². The quantitative estimate of drug-likeness (QED) is 0.190. The predicted octanol–water partition coefficient (Wildman–Crippen LogP) is 7.85. The summed E-state index contributed by atoms with van der Waals surface area (Å²) >= 11 is 1.48. The van der Waals surface area contributed by atoms with Crippen LogP contribution < -0.4 is 10.1 Å². The summed E-state index contributed by atoms with van der Waals surface area (Å²) in [6.07, 6.45) is 2.25. The standard InChI is InChI=1S/C47H41N5O3S/c1-50-30-39(33-22-24-36(55-2)25-23-33)47(46(50)38-20-12-13-21-40(38)48-43(46)53)44(54)52-42(34-18-10-5-11-19-34)37-29-51(27-32-16-8-4-9-17-32)28-35(41(37)49-45(52)56-47)26-31-14-6-3-7-15-31/h3-26,39,42H,27-30H2,1-2H3,(H,48,53)/b35-26+/t39-,42+,46+,47-/m0/s1. The normalized spacial score (nSPS) is 26.4. The van der Waals surface area contributed by atoms with Crippen LogP contribution in [0.5, 0.6) is 5.75 Å². The number of hydrogen-bond donors (Lipinski definition) is 1. The summed E-state index contributed by atoms with van der Waals surface area (Å²) < 4.78 is 4.26. The van der Waals surface area contributed by atoms with Crippen molar-refractivity contribution in [1.82, 2.24) is 14.7 Å². The van der Waals surface area contributed by atoms with Gasteiger partial charge in [0.2, 0.25) is 5.91 Å². The van der Waals surface area contributed by atoms with E-state index < -0.39 is 16.3 Å². The zero-order valence-electron chi connectivity index (χ0n) is 31.3. The third-order valence-corrected chi connectivity index (χ3v) is 13.7. The first-order valence-corrected chi connectivity index (χ1v) is 19.9. The molecule has 5 aliphatic heterocycles. The van der Waals surface area contributed by atoms with Gasteiger partial charge < -0.3 is 10.1 Å². The van der Waals surface area contributed by atoms with E-state index in [0.717, 1.165) is 57.1 Å². The van der Waals surface area contributed by atoms with Crippen LogP contribution in [0.4, 0.5) is 5.69 Å². The molecule has 8 nitrogen and oxygen atoms in total. The van der Waals surface area contributed by atoms with Crippen molar-refractivity contribution in [1.29, 1.82) is 0 Å². The maximum atomic E-state index is 16.3. The summed E-state index contributed by atoms with van der Waals surface area (Å²) in [5.41, 5.74) is 7.65. The van der Waals surface area contributed by atoms with Crippen molar-refractivity contribution < 1.29 is 14.3 Å². The van der Waals surface area contributed by atoms with E-state index in [-0.39, 0.29) is 17.7 Å². The van der Waals surface area contributed by atoms with Crippen LogP contribution in [-0.4, -0.2) is 70.2 Å². The Balaban J connectivity index is 1.19. The number of carbonyl (C=O) groups is 2. The molecule has 56 heavy (non-hydrogen) atoms. The number of carbonyl (C=O) groups excluding carboxylic acids is 2. The van der Waals surface area contributed by atoms with Gasteiger partial charge in [-0.05, 0) is 64.7 Å². The fourth-order valence-corrected chi connectivity index (χ4v) is 11.6. The lowest BCUT2D eigenvalue weighted by atomic mass is 9.71. The zero-order valence-corrected chi connectivity index (χ0v) is 32.1. The van der Waals surface area contributed by atoms with Crippen LogP contribution in [0.3, 0.4) is 0 Å². The van der Waals surface area contributed by atoms with E-state index in [2.05, 4.69) is 81.9 Å². The van der Waals surface area contributed by atoms with E-state index in [4.69, 9.17) is 9.73 Å². The molecule has 5 aromatic rings. The molecular weight excluding hydrogens is 715 g/mol. The van der Waals surface area contributed by atoms with Crippen molar-refractivity contribution in [3.63, 3.8) is 0 Å². The smallest absolute Gasteiger partial charge is 0.251 e. The lowest BCUT2D eigenvalue weighted by molar-refractivity contribution is -0.139. The van der Waals surface area contributed by atoms with Gasteiger partial charge in [0.25, 0.3) is 5.91 Å². The second-order valence-electron chi connectivity index (χ2n) is 15.2. The number of nitrogens with zero attached hydrogens (tertiary/aromatic N) is 4. The molecule has 5 aliphatic rings. The summed E-state index contributed by atoms with van der Waals surface area (Å²) in [4.78, 5) is 43.2. The number of thioether (sulfide) groups is 1. The Morgan fingerprint density at radius 2 is 1.50 bits per heavy atom. The number of methoxy groups -OCH3 is 1. The molecule has 2 spiro atoms. The number of likely N-dealkylation sites (tertiary alicyclic amines) is 1. The Bertz CT molecular complexity index is 2450. The number of aliphatic imine (C=N–C) groups is 1. The van der Waals surface area contributed by atoms with Crippen LogP contribution >= 0.6 is 11.8 Å². The van der Waals surface area contributed by atoms with Crippen LogP contribution in [0.25, 0.3) is 6.08 Å². The fourth-order valence-electron chi connectivity index (χ4n) is 9.81. The molecular formula is C47H41N5O3S. The van der Waals surface area contributed by atoms with Gasteiger partial charge in [-0.15, -0.1) is 0 Å². The number of hydrogen-bond acceptors (Lipinski definition) is 7. The largest absolute Gasteiger partial charge is 0.497 e. The van der Waals surface area contributed by atoms with Gasteiger partial charge in [-0.1, -0.05) is 133 Å². The minimum absolute atomic E-state index is 0.104. The van der Waals surface area contributed by atoms with Crippen LogP contribution in [0.1, 0.15) is 39.8 Å². The monoisotopic (exact) mass is 755 g/mol. The van der Waals surface area contributed by atoms with Gasteiger partial charge in [0.1, 0.15) is 10.5 Å². The molecule has 2 saturated heterocycles. The van der Waals surface area contributed by atoms with Gasteiger partial charge in [0.05, 0.1) is 18.8 Å². The van der Waals surface area contributed by atoms with Crippen molar-refractivity contribution in [3.8, 4) is 5.75 Å². The highest BCUT2D eigenvalue weighted by Gasteiger charge is 2.78. The molecule has 278 valence electrons. The Morgan fingerprint density at radius 1 is 0.821 bits per heavy atom. The number of likely N-dealkylation sites (N-methyl/N-ethyl adjacent to an activating group) is 1. The molecule has 2 amide bonds. The Labute approximate surface area is 331 Å². The molecule has 4 atom stereocenters. The molecule has 9 heteroatoms. The number of nitrogens with one attached hydrogen (secondary N) is 1. The van der Waals surface area contributed by atoms with Crippen LogP contribution in [0.2, 0.25) is 0 Å². The molecule has 1 N–H and O–H groups in total. The molecule has 2 fully saturated rings. The Morgan fingerprint density at radius 3 is 2.23 bits per heavy atom. The van der Waals surface area contributed by atoms with Gasteiger partial charge in [-0.2, -0.15) is 0 Å². The SMILES string of the molecule is COc1ccc([C@@H]2CN(C)[C@]3(C(=O)Nc4ccccc43)[C@]23SC2=NC4=C(CN(Cc5ccccc5)C/C4=C\c4ccccc4)[C@@H](c4ccccc4)N2C3=O)cc1. The van der Waals surface area contributed by atoms with E-state index in [9.17, 15) is 4.79 Å². The van der Waals surface area contributed by atoms with E-state index in [0.29, 0.717) is 24.8 Å². The number of rotatable bonds is 6. The molecule has 0 aliphatic carbocycles. The Kier molecular flexibility index (Phi) is 8.36. The van der Waals surface area contributed by atoms with Crippen molar-refractivity contribution in [2.45, 2.75) is 28.8 Å². The highest BCUT2D eigenvalue weighted by Crippen LogP contribution is 2.67. The molecule has 5 aromatic carbocycles. The summed E-state index contributed by atoms with van der Waals surface area (Å²) in [5, 5.41) is 3.84. The predicted molar refractivity (Wildman–Crippen MR) is 222 cm³/mol. The summed E-state index contributed by atoms with van der Waals surface area (Å²) in [7, 11) is 3.64. The average Bonchev–Trinajstić information content (AvgIpc) is 3.81. The first-order chi connectivity index (χ1) is 27.4. The van der Waals surface area contributed by atoms with Crippen molar-refractivity contribution >= 4 is 40.5 Å². The van der Waals surface area contributed by atoms with Gasteiger partial charge in [-0.3, -0.25) is 24.3 Å². The summed E-state index contributed by atoms with van der Waals surface area (Å²) in [6, 6.07) is 46.7. The number of anilines is 1. The van der Waals surface area contributed by atoms with Crippen molar-refractivity contribution in [2.24, 2.45) is 4.99 Å². The fraction of sp³-hybridized carbons (Fsp3) is 0.213. The molecule has 10 rings (SSSR count). The van der Waals surface area contributed by atoms with E-state index in [1.165, 1.54) is 17.3 Å². The molecule has 0 radical (unpaired) electrons. The van der Waals surface area contributed by atoms with E-state index in [1.54, 1.807) is 7.11 Å².